The molecule has 0 bridgehead atoms. The molecule has 1 aliphatic carbocycles. The van der Waals surface area contributed by atoms with E-state index in [1.807, 2.05) is 0 Å². The molecule has 0 heterocycles. The van der Waals surface area contributed by atoms with E-state index in [0.29, 0.717) is 12.8 Å². The van der Waals surface area contributed by atoms with Crippen molar-refractivity contribution in [3.05, 3.63) is 0 Å². The standard InChI is InChI=1S/C13H25NO2/c1-11-4-2-5-12(10-11)7-8-14-13(16)6-3-9-15/h11-12,15H,2-10H2,1H3,(H,14,16). The second-order valence-electron chi connectivity index (χ2n) is 5.10. The van der Waals surface area contributed by atoms with Crippen LogP contribution in [0.4, 0.5) is 0 Å². The summed E-state index contributed by atoms with van der Waals surface area (Å²) in [7, 11) is 0. The van der Waals surface area contributed by atoms with Crippen molar-refractivity contribution in [3.63, 3.8) is 0 Å². The van der Waals surface area contributed by atoms with Gasteiger partial charge in [-0.05, 0) is 31.1 Å². The van der Waals surface area contributed by atoms with Crippen LogP contribution in [0.5, 0.6) is 0 Å². The molecule has 0 aromatic rings. The molecule has 0 saturated heterocycles. The minimum absolute atomic E-state index is 0.0814. The third-order valence-corrected chi connectivity index (χ3v) is 3.48. The predicted octanol–water partition coefficient (Wildman–Crippen LogP) is 2.09. The number of hydrogen-bond acceptors (Lipinski definition) is 2. The Balaban J connectivity index is 2.03. The van der Waals surface area contributed by atoms with Crippen LogP contribution in [0.2, 0.25) is 0 Å². The fourth-order valence-corrected chi connectivity index (χ4v) is 2.57. The highest BCUT2D eigenvalue weighted by atomic mass is 16.3. The zero-order valence-corrected chi connectivity index (χ0v) is 10.4. The van der Waals surface area contributed by atoms with Gasteiger partial charge in [0, 0.05) is 19.6 Å². The van der Waals surface area contributed by atoms with Gasteiger partial charge in [0.2, 0.25) is 5.91 Å². The Hall–Kier alpha value is -0.570. The maximum atomic E-state index is 11.3. The molecule has 0 aliphatic heterocycles. The Morgan fingerprint density at radius 1 is 1.44 bits per heavy atom. The molecule has 1 aliphatic rings. The second-order valence-corrected chi connectivity index (χ2v) is 5.10. The van der Waals surface area contributed by atoms with E-state index in [0.717, 1.165) is 24.8 Å². The lowest BCUT2D eigenvalue weighted by Gasteiger charge is -2.26. The van der Waals surface area contributed by atoms with E-state index in [9.17, 15) is 4.79 Å². The van der Waals surface area contributed by atoms with Gasteiger partial charge in [-0.25, -0.2) is 0 Å². The monoisotopic (exact) mass is 227 g/mol. The van der Waals surface area contributed by atoms with E-state index < -0.39 is 0 Å². The molecule has 1 rings (SSSR count). The number of nitrogens with one attached hydrogen (secondary N) is 1. The number of carbonyl (C=O) groups excluding carboxylic acids is 1. The molecule has 0 aromatic heterocycles. The lowest BCUT2D eigenvalue weighted by molar-refractivity contribution is -0.121. The van der Waals surface area contributed by atoms with Crippen LogP contribution in [-0.4, -0.2) is 24.2 Å². The van der Waals surface area contributed by atoms with E-state index in [-0.39, 0.29) is 12.5 Å². The van der Waals surface area contributed by atoms with Crippen LogP contribution >= 0.6 is 0 Å². The molecule has 1 amide bonds. The lowest BCUT2D eigenvalue weighted by atomic mass is 9.81. The SMILES string of the molecule is CC1CCCC(CCNC(=O)CCCO)C1. The number of carbonyl (C=O) groups is 1. The number of amides is 1. The molecule has 0 radical (unpaired) electrons. The van der Waals surface area contributed by atoms with Gasteiger partial charge in [-0.15, -0.1) is 0 Å². The van der Waals surface area contributed by atoms with Crippen LogP contribution in [-0.2, 0) is 4.79 Å². The average molecular weight is 227 g/mol. The molecule has 3 heteroatoms. The van der Waals surface area contributed by atoms with E-state index in [1.165, 1.54) is 25.7 Å². The van der Waals surface area contributed by atoms with E-state index in [4.69, 9.17) is 5.11 Å². The first kappa shape index (κ1) is 13.5. The van der Waals surface area contributed by atoms with Gasteiger partial charge in [-0.2, -0.15) is 0 Å². The molecule has 2 atom stereocenters. The van der Waals surface area contributed by atoms with Crippen molar-refractivity contribution >= 4 is 5.91 Å². The molecule has 3 nitrogen and oxygen atoms in total. The molecular weight excluding hydrogens is 202 g/mol. The van der Waals surface area contributed by atoms with Crippen molar-refractivity contribution in [2.24, 2.45) is 11.8 Å². The molecule has 2 N–H and O–H groups in total. The maximum absolute atomic E-state index is 11.3. The first-order valence-electron chi connectivity index (χ1n) is 6.60. The van der Waals surface area contributed by atoms with Crippen LogP contribution in [0.3, 0.4) is 0 Å². The smallest absolute Gasteiger partial charge is 0.220 e. The van der Waals surface area contributed by atoms with Crippen molar-refractivity contribution < 1.29 is 9.90 Å². The lowest BCUT2D eigenvalue weighted by Crippen LogP contribution is -2.27. The van der Waals surface area contributed by atoms with Crippen molar-refractivity contribution in [2.75, 3.05) is 13.2 Å². The third kappa shape index (κ3) is 5.50. The summed E-state index contributed by atoms with van der Waals surface area (Å²) in [5, 5.41) is 11.5. The Kier molecular flexibility index (Phi) is 6.46. The molecule has 0 aromatic carbocycles. The zero-order valence-electron chi connectivity index (χ0n) is 10.4. The van der Waals surface area contributed by atoms with Crippen LogP contribution in [0.15, 0.2) is 0 Å². The fourth-order valence-electron chi connectivity index (χ4n) is 2.57. The quantitative estimate of drug-likeness (QED) is 0.730. The van der Waals surface area contributed by atoms with Crippen molar-refractivity contribution in [1.82, 2.24) is 5.32 Å². The van der Waals surface area contributed by atoms with Gasteiger partial charge in [-0.1, -0.05) is 26.2 Å². The predicted molar refractivity (Wildman–Crippen MR) is 65.1 cm³/mol. The fraction of sp³-hybridized carbons (Fsp3) is 0.923. The van der Waals surface area contributed by atoms with Crippen LogP contribution < -0.4 is 5.32 Å². The van der Waals surface area contributed by atoms with Crippen molar-refractivity contribution in [1.29, 1.82) is 0 Å². The van der Waals surface area contributed by atoms with Crippen LogP contribution in [0.25, 0.3) is 0 Å². The second kappa shape index (κ2) is 7.66. The Labute approximate surface area is 98.6 Å². The molecule has 16 heavy (non-hydrogen) atoms. The number of hydrogen-bond donors (Lipinski definition) is 2. The van der Waals surface area contributed by atoms with Crippen molar-refractivity contribution in [2.45, 2.75) is 51.9 Å². The Bertz CT molecular complexity index is 206. The summed E-state index contributed by atoms with van der Waals surface area (Å²) in [5.41, 5.74) is 0. The van der Waals surface area contributed by atoms with Gasteiger partial charge in [-0.3, -0.25) is 4.79 Å². The molecule has 94 valence electrons. The van der Waals surface area contributed by atoms with Gasteiger partial charge in [0.15, 0.2) is 0 Å². The summed E-state index contributed by atoms with van der Waals surface area (Å²) >= 11 is 0. The number of aliphatic hydroxyl groups is 1. The van der Waals surface area contributed by atoms with Crippen LogP contribution in [0, 0.1) is 11.8 Å². The third-order valence-electron chi connectivity index (χ3n) is 3.48. The maximum Gasteiger partial charge on any atom is 0.220 e. The highest BCUT2D eigenvalue weighted by molar-refractivity contribution is 5.75. The summed E-state index contributed by atoms with van der Waals surface area (Å²) in [5.74, 6) is 1.75. The normalized spacial score (nSPS) is 25.4. The summed E-state index contributed by atoms with van der Waals surface area (Å²) in [6, 6.07) is 0. The summed E-state index contributed by atoms with van der Waals surface area (Å²) < 4.78 is 0. The average Bonchev–Trinajstić information content (AvgIpc) is 2.26. The van der Waals surface area contributed by atoms with E-state index in [2.05, 4.69) is 12.2 Å². The Morgan fingerprint density at radius 2 is 2.25 bits per heavy atom. The number of rotatable bonds is 6. The molecule has 1 fully saturated rings. The zero-order chi connectivity index (χ0) is 11.8. The van der Waals surface area contributed by atoms with E-state index in [1.54, 1.807) is 0 Å². The number of aliphatic hydroxyl groups excluding tert-OH is 1. The topological polar surface area (TPSA) is 49.3 Å². The van der Waals surface area contributed by atoms with Gasteiger partial charge < -0.3 is 10.4 Å². The van der Waals surface area contributed by atoms with Gasteiger partial charge in [0.1, 0.15) is 0 Å². The molecular formula is C13H25NO2. The van der Waals surface area contributed by atoms with Gasteiger partial charge in [0.25, 0.3) is 0 Å². The Morgan fingerprint density at radius 3 is 2.94 bits per heavy atom. The summed E-state index contributed by atoms with van der Waals surface area (Å²) in [6.07, 6.45) is 7.53. The first-order valence-corrected chi connectivity index (χ1v) is 6.60. The highest BCUT2D eigenvalue weighted by Gasteiger charge is 2.18. The first-order chi connectivity index (χ1) is 7.72. The van der Waals surface area contributed by atoms with Gasteiger partial charge in [0.05, 0.1) is 0 Å². The van der Waals surface area contributed by atoms with Crippen molar-refractivity contribution in [3.8, 4) is 0 Å². The highest BCUT2D eigenvalue weighted by Crippen LogP contribution is 2.30. The molecule has 1 saturated carbocycles. The minimum atomic E-state index is 0.0814. The van der Waals surface area contributed by atoms with Gasteiger partial charge >= 0.3 is 0 Å². The van der Waals surface area contributed by atoms with E-state index >= 15 is 0 Å². The largest absolute Gasteiger partial charge is 0.396 e. The molecule has 0 spiro atoms. The summed E-state index contributed by atoms with van der Waals surface area (Å²) in [4.78, 5) is 11.3. The molecule has 2 unspecified atom stereocenters. The van der Waals surface area contributed by atoms with Crippen LogP contribution in [0.1, 0.15) is 51.9 Å². The minimum Gasteiger partial charge on any atom is -0.396 e. The summed E-state index contributed by atoms with van der Waals surface area (Å²) in [6.45, 7) is 3.24.